The molecule has 16 heteroatoms. The molecule has 0 aromatic carbocycles. The summed E-state index contributed by atoms with van der Waals surface area (Å²) in [7, 11) is -4.04. The molecular formula is C36H59N7O8S. The summed E-state index contributed by atoms with van der Waals surface area (Å²) in [6, 6.07) is -4.20. The third-order valence-electron chi connectivity index (χ3n) is 11.5. The van der Waals surface area contributed by atoms with Gasteiger partial charge in [0.25, 0.3) is 5.91 Å². The van der Waals surface area contributed by atoms with Gasteiger partial charge in [-0.05, 0) is 47.8 Å². The van der Waals surface area contributed by atoms with E-state index in [2.05, 4.69) is 41.7 Å². The maximum atomic E-state index is 14.6. The highest BCUT2D eigenvalue weighted by atomic mass is 32.2. The van der Waals surface area contributed by atoms with Crippen LogP contribution in [0.3, 0.4) is 0 Å². The minimum absolute atomic E-state index is 0.0260. The highest BCUT2D eigenvalue weighted by Gasteiger charge is 2.69. The van der Waals surface area contributed by atoms with Crippen LogP contribution in [0.15, 0.2) is 12.7 Å². The van der Waals surface area contributed by atoms with Crippen LogP contribution in [0.1, 0.15) is 93.4 Å². The summed E-state index contributed by atoms with van der Waals surface area (Å²) in [5, 5.41) is 11.2. The van der Waals surface area contributed by atoms with E-state index in [9.17, 15) is 37.2 Å². The number of ketones is 1. The summed E-state index contributed by atoms with van der Waals surface area (Å²) < 4.78 is 28.1. The summed E-state index contributed by atoms with van der Waals surface area (Å²) in [4.78, 5) is 81.6. The molecule has 2 aliphatic heterocycles. The van der Waals surface area contributed by atoms with E-state index >= 15 is 0 Å². The normalized spacial score (nSPS) is 25.6. The van der Waals surface area contributed by atoms with E-state index in [0.717, 1.165) is 23.6 Å². The zero-order valence-electron chi connectivity index (χ0n) is 31.8. The van der Waals surface area contributed by atoms with Crippen LogP contribution < -0.4 is 21.3 Å². The highest BCUT2D eigenvalue weighted by molar-refractivity contribution is 7.87. The number of Topliss-reactive ketones (excluding diaryl/α,β-unsaturated/α-hetero) is 1. The number of likely N-dealkylation sites (tertiary alicyclic amines) is 1. The molecule has 0 spiro atoms. The molecule has 2 saturated heterocycles. The second kappa shape index (κ2) is 16.2. The molecule has 52 heavy (non-hydrogen) atoms. The first-order valence-corrected chi connectivity index (χ1v) is 20.1. The Hall–Kier alpha value is -3.53. The molecule has 2 heterocycles. The van der Waals surface area contributed by atoms with Gasteiger partial charge in [-0.1, -0.05) is 73.3 Å². The van der Waals surface area contributed by atoms with Crippen molar-refractivity contribution in [2.45, 2.75) is 118 Å². The van der Waals surface area contributed by atoms with Crippen LogP contribution in [-0.2, 0) is 34.2 Å². The molecule has 0 bridgehead atoms. The topological polar surface area (TPSA) is 194 Å². The molecule has 6 atom stereocenters. The summed E-state index contributed by atoms with van der Waals surface area (Å²) >= 11 is 0. The Balaban J connectivity index is 1.55. The number of hydrogen-bond acceptors (Lipinski definition) is 8. The minimum atomic E-state index is -4.04. The van der Waals surface area contributed by atoms with Crippen LogP contribution in [0, 0.1) is 28.6 Å². The fraction of sp³-hybridized carbons (Fsp3) is 0.778. The fourth-order valence-corrected chi connectivity index (χ4v) is 9.79. The number of nitrogens with zero attached hydrogens (tertiary/aromatic N) is 3. The van der Waals surface area contributed by atoms with E-state index in [-0.39, 0.29) is 61.7 Å². The van der Waals surface area contributed by atoms with Crippen molar-refractivity contribution in [1.29, 1.82) is 0 Å². The van der Waals surface area contributed by atoms with Crippen molar-refractivity contribution in [1.82, 2.24) is 34.8 Å². The van der Waals surface area contributed by atoms with Gasteiger partial charge in [0.05, 0.1) is 12.6 Å². The lowest BCUT2D eigenvalue weighted by Gasteiger charge is -2.38. The van der Waals surface area contributed by atoms with Gasteiger partial charge >= 0.3 is 16.2 Å². The number of carbonyl (C=O) groups is 6. The molecule has 2 unspecified atom stereocenters. The van der Waals surface area contributed by atoms with E-state index in [1.165, 1.54) is 17.3 Å². The Kier molecular flexibility index (Phi) is 12.9. The lowest BCUT2D eigenvalue weighted by atomic mass is 9.83. The molecule has 0 radical (unpaired) electrons. The van der Waals surface area contributed by atoms with Gasteiger partial charge in [-0.25, -0.2) is 9.10 Å². The summed E-state index contributed by atoms with van der Waals surface area (Å²) in [6.45, 7) is 16.8. The lowest BCUT2D eigenvalue weighted by Crippen LogP contribution is -2.61. The quantitative estimate of drug-likeness (QED) is 0.152. The molecule has 15 nitrogen and oxygen atoms in total. The van der Waals surface area contributed by atoms with Crippen LogP contribution in [0.2, 0.25) is 0 Å². The molecule has 292 valence electrons. The first-order valence-electron chi connectivity index (χ1n) is 18.7. The Labute approximate surface area is 308 Å². The van der Waals surface area contributed by atoms with Gasteiger partial charge in [-0.2, -0.15) is 12.7 Å². The van der Waals surface area contributed by atoms with E-state index in [1.807, 2.05) is 27.7 Å². The number of hydrogen-bond donors (Lipinski definition) is 4. The molecular weight excluding hydrogens is 691 g/mol. The smallest absolute Gasteiger partial charge is 0.315 e. The zero-order valence-corrected chi connectivity index (χ0v) is 32.6. The zero-order chi connectivity index (χ0) is 38.8. The predicted molar refractivity (Wildman–Crippen MR) is 194 cm³/mol. The summed E-state index contributed by atoms with van der Waals surface area (Å²) in [5.41, 5.74) is -0.815. The van der Waals surface area contributed by atoms with Crippen LogP contribution in [0.5, 0.6) is 0 Å². The van der Waals surface area contributed by atoms with Crippen molar-refractivity contribution in [2.24, 2.45) is 28.6 Å². The fourth-order valence-electron chi connectivity index (χ4n) is 8.22. The Morgan fingerprint density at radius 2 is 1.63 bits per heavy atom. The second-order valence-electron chi connectivity index (χ2n) is 16.5. The number of piperidine rings is 1. The van der Waals surface area contributed by atoms with Gasteiger partial charge in [0.1, 0.15) is 12.1 Å². The summed E-state index contributed by atoms with van der Waals surface area (Å²) in [6.07, 6.45) is 6.45. The van der Waals surface area contributed by atoms with Crippen molar-refractivity contribution < 1.29 is 37.2 Å². The number of urea groups is 1. The van der Waals surface area contributed by atoms with Crippen molar-refractivity contribution in [2.75, 3.05) is 32.7 Å². The van der Waals surface area contributed by atoms with Gasteiger partial charge in [-0.15, -0.1) is 6.58 Å². The average Bonchev–Trinajstić information content (AvgIpc) is 3.34. The minimum Gasteiger partial charge on any atom is -0.346 e. The number of amides is 6. The number of nitrogens with one attached hydrogen (secondary N) is 4. The Morgan fingerprint density at radius 1 is 0.981 bits per heavy atom. The van der Waals surface area contributed by atoms with Crippen LogP contribution in [-0.4, -0.2) is 114 Å². The first-order chi connectivity index (χ1) is 24.3. The number of carbonyl (C=O) groups excluding carboxylic acids is 6. The molecule has 0 aromatic rings. The number of fused-ring (bicyclic) bond motifs is 1. The van der Waals surface area contributed by atoms with Crippen molar-refractivity contribution in [3.8, 4) is 0 Å². The van der Waals surface area contributed by atoms with Gasteiger partial charge in [0.15, 0.2) is 0 Å². The molecule has 4 N–H and O–H groups in total. The van der Waals surface area contributed by atoms with Crippen LogP contribution in [0.4, 0.5) is 4.79 Å². The molecule has 4 fully saturated rings. The molecule has 2 aliphatic carbocycles. The SMILES string of the molecule is C=CCNC(=O)C(=O)C(CCC)NC(=O)C1[C@@H]2[C@H](CN1C(=O)[C@@H](NC(=O)N[C@H](CN1CCN(C(C)=O)S1(=O)=O)C(C)(C)C)C1CCCCC1)C2(C)C. The van der Waals surface area contributed by atoms with Crippen molar-refractivity contribution in [3.05, 3.63) is 12.7 Å². The third-order valence-corrected chi connectivity index (χ3v) is 13.5. The number of rotatable bonds is 14. The van der Waals surface area contributed by atoms with Gasteiger partial charge < -0.3 is 26.2 Å². The van der Waals surface area contributed by atoms with E-state index in [4.69, 9.17) is 0 Å². The Morgan fingerprint density at radius 3 is 2.19 bits per heavy atom. The van der Waals surface area contributed by atoms with E-state index < -0.39 is 69.3 Å². The van der Waals surface area contributed by atoms with Crippen LogP contribution in [0.25, 0.3) is 0 Å². The lowest BCUT2D eigenvalue weighted by molar-refractivity contribution is -0.144. The maximum absolute atomic E-state index is 14.6. The summed E-state index contributed by atoms with van der Waals surface area (Å²) in [5.74, 6) is -3.33. The first kappa shape index (κ1) is 41.2. The van der Waals surface area contributed by atoms with Crippen molar-refractivity contribution in [3.63, 3.8) is 0 Å². The molecule has 2 saturated carbocycles. The monoisotopic (exact) mass is 749 g/mol. The van der Waals surface area contributed by atoms with Gasteiger partial charge in [0.2, 0.25) is 23.5 Å². The van der Waals surface area contributed by atoms with E-state index in [0.29, 0.717) is 25.8 Å². The third kappa shape index (κ3) is 8.80. The van der Waals surface area contributed by atoms with Crippen molar-refractivity contribution >= 4 is 45.7 Å². The van der Waals surface area contributed by atoms with E-state index in [1.54, 1.807) is 4.90 Å². The largest absolute Gasteiger partial charge is 0.346 e. The molecule has 0 aromatic heterocycles. The van der Waals surface area contributed by atoms with Crippen LogP contribution >= 0.6 is 0 Å². The molecule has 4 aliphatic rings. The Bertz CT molecular complexity index is 1520. The molecule has 4 rings (SSSR count). The second-order valence-corrected chi connectivity index (χ2v) is 18.3. The van der Waals surface area contributed by atoms with Gasteiger partial charge in [-0.3, -0.25) is 24.0 Å². The standard InChI is InChI=1S/C36H59N7O8S/c1-9-14-25(30(45)32(47)37-17-10-2)38-31(46)29-27-24(36(27,7)8)20-42(29)33(48)28(23-15-12-11-13-16-23)40-34(49)39-26(35(4,5)6)21-41-18-19-43(22(3)44)52(41,50)51/h10,23-29H,2,9,11-21H2,1,3-8H3,(H,37,47)(H,38,46)(H2,39,40,49)/t24-,25?,26+,27-,28-,29?/m0/s1. The average molecular weight is 750 g/mol. The highest BCUT2D eigenvalue weighted by Crippen LogP contribution is 2.65. The van der Waals surface area contributed by atoms with Gasteiger partial charge in [0, 0.05) is 39.1 Å². The predicted octanol–water partition coefficient (Wildman–Crippen LogP) is 1.70. The molecule has 6 amide bonds. The maximum Gasteiger partial charge on any atom is 0.315 e.